The third-order valence-electron chi connectivity index (χ3n) is 4.67. The average molecular weight is 420 g/mol. The van der Waals surface area contributed by atoms with E-state index in [0.717, 1.165) is 16.9 Å². The predicted molar refractivity (Wildman–Crippen MR) is 119 cm³/mol. The smallest absolute Gasteiger partial charge is 0.255 e. The molecule has 0 aromatic heterocycles. The molecule has 2 N–H and O–H groups in total. The molecule has 0 heterocycles. The normalized spacial score (nSPS) is 10.4. The summed E-state index contributed by atoms with van der Waals surface area (Å²) in [4.78, 5) is 24.6. The average Bonchev–Trinajstić information content (AvgIpc) is 2.78. The Morgan fingerprint density at radius 1 is 0.968 bits per heavy atom. The summed E-state index contributed by atoms with van der Waals surface area (Å²) < 4.78 is 18.6. The molecule has 0 unspecified atom stereocenters. The Labute approximate surface area is 181 Å². The van der Waals surface area contributed by atoms with E-state index in [1.54, 1.807) is 18.2 Å². The van der Waals surface area contributed by atoms with Crippen molar-refractivity contribution in [1.82, 2.24) is 5.32 Å². The molecule has 0 aliphatic carbocycles. The molecule has 0 saturated carbocycles. The number of ether oxygens (including phenoxy) is 1. The summed E-state index contributed by atoms with van der Waals surface area (Å²) in [6.07, 6.45) is 0.945. The van der Waals surface area contributed by atoms with Gasteiger partial charge in [-0.05, 0) is 66.9 Å². The van der Waals surface area contributed by atoms with Gasteiger partial charge < -0.3 is 15.4 Å². The molecule has 0 bridgehead atoms. The van der Waals surface area contributed by atoms with E-state index in [9.17, 15) is 14.0 Å². The second-order valence-electron chi connectivity index (χ2n) is 6.98. The summed E-state index contributed by atoms with van der Waals surface area (Å²) in [6, 6.07) is 20.3. The van der Waals surface area contributed by atoms with Crippen molar-refractivity contribution in [2.45, 2.75) is 26.3 Å². The maximum absolute atomic E-state index is 13.0. The van der Waals surface area contributed by atoms with Crippen LogP contribution in [0.25, 0.3) is 0 Å². The number of nitrogens with one attached hydrogen (secondary N) is 2. The van der Waals surface area contributed by atoms with Crippen LogP contribution in [0.4, 0.5) is 10.1 Å². The van der Waals surface area contributed by atoms with Crippen molar-refractivity contribution in [2.75, 3.05) is 11.9 Å². The number of halogens is 1. The van der Waals surface area contributed by atoms with Crippen LogP contribution in [-0.2, 0) is 17.8 Å². The van der Waals surface area contributed by atoms with Gasteiger partial charge in [0.05, 0.1) is 6.61 Å². The zero-order valence-electron chi connectivity index (χ0n) is 17.4. The number of aryl methyl sites for hydroxylation is 1. The van der Waals surface area contributed by atoms with E-state index >= 15 is 0 Å². The fraction of sp³-hybridized carbons (Fsp3) is 0.200. The molecule has 3 aromatic carbocycles. The summed E-state index contributed by atoms with van der Waals surface area (Å²) in [5, 5.41) is 5.69. The van der Waals surface area contributed by atoms with Crippen LogP contribution in [0.2, 0.25) is 0 Å². The molecule has 0 saturated heterocycles. The molecule has 2 amide bonds. The van der Waals surface area contributed by atoms with E-state index in [1.165, 1.54) is 24.3 Å². The standard InChI is InChI=1S/C25H25FN2O3/c1-2-31-23-9-4-3-7-19(23)12-15-24(29)27-17-18-6-5-8-22(16-18)28-25(30)20-10-13-21(26)14-11-20/h3-11,13-14,16H,2,12,15,17H2,1H3,(H,27,29)(H,28,30). The molecule has 3 rings (SSSR count). The highest BCUT2D eigenvalue weighted by atomic mass is 19.1. The van der Waals surface area contributed by atoms with Crippen molar-refractivity contribution < 1.29 is 18.7 Å². The predicted octanol–water partition coefficient (Wildman–Crippen LogP) is 4.73. The Bertz CT molecular complexity index is 1030. The van der Waals surface area contributed by atoms with Gasteiger partial charge in [-0.1, -0.05) is 30.3 Å². The first-order chi connectivity index (χ1) is 15.0. The third kappa shape index (κ3) is 6.67. The van der Waals surface area contributed by atoms with E-state index < -0.39 is 5.82 Å². The van der Waals surface area contributed by atoms with Gasteiger partial charge in [0.1, 0.15) is 11.6 Å². The number of carbonyl (C=O) groups is 2. The summed E-state index contributed by atoms with van der Waals surface area (Å²) in [5.74, 6) is 0.0271. The number of hydrogen-bond donors (Lipinski definition) is 2. The lowest BCUT2D eigenvalue weighted by Crippen LogP contribution is -2.23. The minimum Gasteiger partial charge on any atom is -0.494 e. The lowest BCUT2D eigenvalue weighted by atomic mass is 10.1. The second kappa shape index (κ2) is 10.9. The number of para-hydroxylation sites is 1. The Morgan fingerprint density at radius 2 is 1.74 bits per heavy atom. The largest absolute Gasteiger partial charge is 0.494 e. The van der Waals surface area contributed by atoms with Gasteiger partial charge in [-0.15, -0.1) is 0 Å². The van der Waals surface area contributed by atoms with Gasteiger partial charge in [-0.2, -0.15) is 0 Å². The van der Waals surface area contributed by atoms with Crippen LogP contribution in [0.5, 0.6) is 5.75 Å². The highest BCUT2D eigenvalue weighted by Crippen LogP contribution is 2.19. The Hall–Kier alpha value is -3.67. The number of carbonyl (C=O) groups excluding carboxylic acids is 2. The van der Waals surface area contributed by atoms with Gasteiger partial charge in [0.2, 0.25) is 5.91 Å². The molecule has 6 heteroatoms. The van der Waals surface area contributed by atoms with Crippen LogP contribution >= 0.6 is 0 Å². The van der Waals surface area contributed by atoms with E-state index in [-0.39, 0.29) is 11.8 Å². The minimum atomic E-state index is -0.393. The van der Waals surface area contributed by atoms with E-state index in [0.29, 0.717) is 37.2 Å². The van der Waals surface area contributed by atoms with Crippen molar-refractivity contribution >= 4 is 17.5 Å². The highest BCUT2D eigenvalue weighted by Gasteiger charge is 2.09. The Morgan fingerprint density at radius 3 is 2.52 bits per heavy atom. The first-order valence-corrected chi connectivity index (χ1v) is 10.2. The lowest BCUT2D eigenvalue weighted by Gasteiger charge is -2.11. The number of anilines is 1. The fourth-order valence-corrected chi connectivity index (χ4v) is 3.11. The number of amides is 2. The van der Waals surface area contributed by atoms with E-state index in [4.69, 9.17) is 4.74 Å². The van der Waals surface area contributed by atoms with Crippen molar-refractivity contribution in [1.29, 1.82) is 0 Å². The molecule has 0 aliphatic rings. The maximum atomic E-state index is 13.0. The molecule has 0 fully saturated rings. The van der Waals surface area contributed by atoms with Gasteiger partial charge in [0, 0.05) is 24.2 Å². The Kier molecular flexibility index (Phi) is 7.76. The number of hydrogen-bond acceptors (Lipinski definition) is 3. The van der Waals surface area contributed by atoms with Crippen LogP contribution in [-0.4, -0.2) is 18.4 Å². The molecule has 5 nitrogen and oxygen atoms in total. The zero-order chi connectivity index (χ0) is 22.1. The van der Waals surface area contributed by atoms with Crippen LogP contribution < -0.4 is 15.4 Å². The third-order valence-corrected chi connectivity index (χ3v) is 4.67. The lowest BCUT2D eigenvalue weighted by molar-refractivity contribution is -0.121. The monoisotopic (exact) mass is 420 g/mol. The van der Waals surface area contributed by atoms with Gasteiger partial charge in [0.15, 0.2) is 0 Å². The minimum absolute atomic E-state index is 0.0629. The van der Waals surface area contributed by atoms with Crippen molar-refractivity contribution in [3.63, 3.8) is 0 Å². The zero-order valence-corrected chi connectivity index (χ0v) is 17.4. The van der Waals surface area contributed by atoms with Crippen LogP contribution in [0.1, 0.15) is 34.8 Å². The highest BCUT2D eigenvalue weighted by molar-refractivity contribution is 6.04. The summed E-state index contributed by atoms with van der Waals surface area (Å²) in [5.41, 5.74) is 2.84. The first-order valence-electron chi connectivity index (χ1n) is 10.2. The van der Waals surface area contributed by atoms with Gasteiger partial charge >= 0.3 is 0 Å². The molecule has 0 aliphatic heterocycles. The molecular formula is C25H25FN2O3. The van der Waals surface area contributed by atoms with E-state index in [2.05, 4.69) is 10.6 Å². The molecule has 0 spiro atoms. The van der Waals surface area contributed by atoms with Crippen molar-refractivity contribution in [3.8, 4) is 5.75 Å². The fourth-order valence-electron chi connectivity index (χ4n) is 3.11. The second-order valence-corrected chi connectivity index (χ2v) is 6.98. The van der Waals surface area contributed by atoms with E-state index in [1.807, 2.05) is 37.3 Å². The SMILES string of the molecule is CCOc1ccccc1CCC(=O)NCc1cccc(NC(=O)c2ccc(F)cc2)c1. The summed E-state index contributed by atoms with van der Waals surface area (Å²) in [7, 11) is 0. The summed E-state index contributed by atoms with van der Waals surface area (Å²) in [6.45, 7) is 2.86. The maximum Gasteiger partial charge on any atom is 0.255 e. The van der Waals surface area contributed by atoms with Crippen LogP contribution in [0, 0.1) is 5.82 Å². The topological polar surface area (TPSA) is 67.4 Å². The summed E-state index contributed by atoms with van der Waals surface area (Å²) >= 11 is 0. The molecule has 31 heavy (non-hydrogen) atoms. The quantitative estimate of drug-likeness (QED) is 0.526. The first kappa shape index (κ1) is 22.0. The molecule has 3 aromatic rings. The number of rotatable bonds is 9. The van der Waals surface area contributed by atoms with Gasteiger partial charge in [-0.25, -0.2) is 4.39 Å². The van der Waals surface area contributed by atoms with Crippen LogP contribution in [0.15, 0.2) is 72.8 Å². The van der Waals surface area contributed by atoms with Crippen molar-refractivity contribution in [3.05, 3.63) is 95.3 Å². The molecule has 160 valence electrons. The molecule has 0 atom stereocenters. The van der Waals surface area contributed by atoms with Gasteiger partial charge in [0.25, 0.3) is 5.91 Å². The van der Waals surface area contributed by atoms with Crippen molar-refractivity contribution in [2.24, 2.45) is 0 Å². The molecular weight excluding hydrogens is 395 g/mol. The number of benzene rings is 3. The Balaban J connectivity index is 1.51. The van der Waals surface area contributed by atoms with Gasteiger partial charge in [-0.3, -0.25) is 9.59 Å². The molecule has 0 radical (unpaired) electrons. The van der Waals surface area contributed by atoms with Crippen LogP contribution in [0.3, 0.4) is 0 Å².